The fourth-order valence-electron chi connectivity index (χ4n) is 3.69. The molecule has 1 fully saturated rings. The van der Waals surface area contributed by atoms with Crippen molar-refractivity contribution in [1.29, 1.82) is 0 Å². The number of ether oxygens (including phenoxy) is 1. The average molecular weight is 470 g/mol. The molecule has 0 amide bonds. The topological polar surface area (TPSA) is 55.8 Å². The van der Waals surface area contributed by atoms with Crippen LogP contribution in [-0.2, 0) is 19.2 Å². The summed E-state index contributed by atoms with van der Waals surface area (Å²) in [5.41, 5.74) is 1.12. The van der Waals surface area contributed by atoms with Crippen LogP contribution in [0.2, 0.25) is 0 Å². The van der Waals surface area contributed by atoms with Crippen LogP contribution in [-0.4, -0.2) is 35.1 Å². The number of esters is 1. The molecule has 2 aromatic rings. The van der Waals surface area contributed by atoms with E-state index in [9.17, 15) is 22.8 Å². The summed E-state index contributed by atoms with van der Waals surface area (Å²) in [7, 11) is 0. The van der Waals surface area contributed by atoms with Crippen molar-refractivity contribution in [2.75, 3.05) is 5.88 Å². The number of nitrogens with zero attached hydrogens (tertiary/aromatic N) is 1. The number of alkyl halides is 4. The van der Waals surface area contributed by atoms with Crippen LogP contribution >= 0.6 is 11.6 Å². The molecular weight excluding hydrogens is 447 g/mol. The van der Waals surface area contributed by atoms with E-state index in [0.717, 1.165) is 5.06 Å². The van der Waals surface area contributed by atoms with Crippen molar-refractivity contribution >= 4 is 23.5 Å². The molecule has 1 heterocycles. The van der Waals surface area contributed by atoms with Crippen LogP contribution < -0.4 is 0 Å². The van der Waals surface area contributed by atoms with Gasteiger partial charge in [-0.25, -0.2) is 4.79 Å². The molecule has 3 atom stereocenters. The molecule has 0 bridgehead atoms. The maximum Gasteiger partial charge on any atom is 0.492 e. The normalized spacial score (nSPS) is 21.8. The van der Waals surface area contributed by atoms with Crippen LogP contribution in [0.3, 0.4) is 0 Å². The zero-order valence-electron chi connectivity index (χ0n) is 17.1. The molecule has 0 unspecified atom stereocenters. The van der Waals surface area contributed by atoms with E-state index in [1.54, 1.807) is 60.7 Å². The molecule has 5 nitrogen and oxygen atoms in total. The second kappa shape index (κ2) is 10.8. The number of cyclic esters (lactones) is 1. The number of halogens is 4. The first kappa shape index (κ1) is 24.1. The summed E-state index contributed by atoms with van der Waals surface area (Å²) in [6, 6.07) is 15.1. The first-order valence-electron chi connectivity index (χ1n) is 10.3. The Balaban J connectivity index is 2.02. The van der Waals surface area contributed by atoms with Crippen LogP contribution in [0.5, 0.6) is 0 Å². The summed E-state index contributed by atoms with van der Waals surface area (Å²) in [5, 5.41) is 0.870. The maximum absolute atomic E-state index is 13.1. The van der Waals surface area contributed by atoms with E-state index in [0.29, 0.717) is 36.3 Å². The molecule has 1 aliphatic heterocycles. The van der Waals surface area contributed by atoms with Crippen LogP contribution in [0.4, 0.5) is 13.2 Å². The Bertz CT molecular complexity index is 895. The van der Waals surface area contributed by atoms with Gasteiger partial charge in [0.25, 0.3) is 0 Å². The van der Waals surface area contributed by atoms with Crippen molar-refractivity contribution in [3.63, 3.8) is 0 Å². The van der Waals surface area contributed by atoms with E-state index in [1.807, 2.05) is 0 Å². The van der Waals surface area contributed by atoms with E-state index in [4.69, 9.17) is 21.2 Å². The molecule has 3 rings (SSSR count). The van der Waals surface area contributed by atoms with Gasteiger partial charge in [-0.05, 0) is 24.0 Å². The van der Waals surface area contributed by atoms with E-state index in [2.05, 4.69) is 0 Å². The van der Waals surface area contributed by atoms with E-state index >= 15 is 0 Å². The van der Waals surface area contributed by atoms with Crippen molar-refractivity contribution in [3.05, 3.63) is 71.8 Å². The molecule has 0 aliphatic carbocycles. The lowest BCUT2D eigenvalue weighted by Gasteiger charge is -2.43. The number of benzene rings is 2. The monoisotopic (exact) mass is 469 g/mol. The summed E-state index contributed by atoms with van der Waals surface area (Å²) in [6.07, 6.45) is -4.15. The van der Waals surface area contributed by atoms with Crippen LogP contribution in [0.25, 0.3) is 0 Å². The van der Waals surface area contributed by atoms with Crippen molar-refractivity contribution in [1.82, 2.24) is 5.06 Å². The van der Waals surface area contributed by atoms with Gasteiger partial charge in [0.05, 0.1) is 0 Å². The highest BCUT2D eigenvalue weighted by molar-refractivity contribution is 6.17. The highest BCUT2D eigenvalue weighted by Crippen LogP contribution is 2.43. The third-order valence-electron chi connectivity index (χ3n) is 5.18. The lowest BCUT2D eigenvalue weighted by Crippen LogP contribution is -2.53. The third-order valence-corrected chi connectivity index (χ3v) is 5.45. The predicted octanol–water partition coefficient (Wildman–Crippen LogP) is 5.52. The summed E-state index contributed by atoms with van der Waals surface area (Å²) in [4.78, 5) is 29.6. The van der Waals surface area contributed by atoms with Gasteiger partial charge in [0.1, 0.15) is 18.2 Å². The molecule has 32 heavy (non-hydrogen) atoms. The predicted molar refractivity (Wildman–Crippen MR) is 111 cm³/mol. The molecule has 0 N–H and O–H groups in total. The Kier molecular flexibility index (Phi) is 8.15. The minimum absolute atomic E-state index is 0.158. The molecule has 0 radical (unpaired) electrons. The van der Waals surface area contributed by atoms with Crippen molar-refractivity contribution in [2.45, 2.75) is 50.0 Å². The number of carbonyl (C=O) groups is 2. The molecule has 1 saturated heterocycles. The first-order chi connectivity index (χ1) is 15.3. The molecular formula is C23H23ClF3NO4. The summed E-state index contributed by atoms with van der Waals surface area (Å²) >= 11 is 5.69. The second-order valence-electron chi connectivity index (χ2n) is 7.41. The van der Waals surface area contributed by atoms with Gasteiger partial charge in [0, 0.05) is 5.88 Å². The Hall–Kier alpha value is -2.58. The van der Waals surface area contributed by atoms with Crippen molar-refractivity contribution in [3.8, 4) is 0 Å². The quantitative estimate of drug-likeness (QED) is 0.289. The smallest absolute Gasteiger partial charge is 0.454 e. The highest BCUT2D eigenvalue weighted by Gasteiger charge is 2.51. The van der Waals surface area contributed by atoms with Crippen molar-refractivity contribution < 1.29 is 32.3 Å². The fourth-order valence-corrected chi connectivity index (χ4v) is 3.88. The molecule has 172 valence electrons. The molecule has 0 spiro atoms. The molecule has 2 aromatic carbocycles. The zero-order valence-corrected chi connectivity index (χ0v) is 17.9. The largest absolute Gasteiger partial charge is 0.492 e. The fraction of sp³-hybridized carbons (Fsp3) is 0.391. The minimum Gasteiger partial charge on any atom is -0.454 e. The Morgan fingerprint density at radius 3 is 2.12 bits per heavy atom. The van der Waals surface area contributed by atoms with Crippen LogP contribution in [0.15, 0.2) is 60.7 Å². The number of carbonyl (C=O) groups excluding carboxylic acids is 2. The van der Waals surface area contributed by atoms with Gasteiger partial charge >= 0.3 is 18.1 Å². The van der Waals surface area contributed by atoms with E-state index in [-0.39, 0.29) is 6.42 Å². The molecule has 0 aromatic heterocycles. The number of morpholine rings is 1. The lowest BCUT2D eigenvalue weighted by atomic mass is 9.91. The summed E-state index contributed by atoms with van der Waals surface area (Å²) in [6.45, 7) is 0. The van der Waals surface area contributed by atoms with Gasteiger partial charge < -0.3 is 9.57 Å². The zero-order chi connectivity index (χ0) is 23.1. The van der Waals surface area contributed by atoms with Gasteiger partial charge in [-0.2, -0.15) is 13.2 Å². The number of rotatable bonds is 8. The summed E-state index contributed by atoms with van der Waals surface area (Å²) < 4.78 is 45.0. The number of hydrogen-bond acceptors (Lipinski definition) is 5. The number of hydroxylamine groups is 2. The molecule has 0 saturated carbocycles. The third kappa shape index (κ3) is 5.81. The van der Waals surface area contributed by atoms with Gasteiger partial charge in [0.2, 0.25) is 0 Å². The lowest BCUT2D eigenvalue weighted by molar-refractivity contribution is -0.279. The van der Waals surface area contributed by atoms with E-state index < -0.39 is 36.3 Å². The van der Waals surface area contributed by atoms with Gasteiger partial charge in [-0.3, -0.25) is 4.79 Å². The maximum atomic E-state index is 13.1. The van der Waals surface area contributed by atoms with Gasteiger partial charge in [-0.15, -0.1) is 16.7 Å². The molecule has 1 aliphatic rings. The average Bonchev–Trinajstić information content (AvgIpc) is 2.78. The Morgan fingerprint density at radius 2 is 1.56 bits per heavy atom. The van der Waals surface area contributed by atoms with E-state index in [1.165, 1.54) is 0 Å². The van der Waals surface area contributed by atoms with Crippen molar-refractivity contribution in [2.24, 2.45) is 0 Å². The number of unbranched alkanes of at least 4 members (excludes halogenated alkanes) is 2. The summed E-state index contributed by atoms with van der Waals surface area (Å²) in [5.74, 6) is -2.69. The Labute approximate surface area is 189 Å². The number of hydrogen-bond donors (Lipinski definition) is 0. The van der Waals surface area contributed by atoms with Gasteiger partial charge in [-0.1, -0.05) is 73.5 Å². The SMILES string of the molecule is O=C1O[C@H](c2ccccc2)[C@H](c2ccccc2)N(OC(=O)C(F)(F)F)[C@H]1CCCCCCl. The van der Waals surface area contributed by atoms with Crippen LogP contribution in [0, 0.1) is 0 Å². The minimum atomic E-state index is -5.21. The standard InChI is InChI=1S/C23H23ClF3NO4/c24-15-9-3-8-14-18-21(29)31-20(17-12-6-2-7-13-17)19(16-10-4-1-5-11-16)28(18)32-22(30)23(25,26)27/h1-2,4-7,10-13,18-20H,3,8-9,14-15H2/t18-,19-,20+/m0/s1. The highest BCUT2D eigenvalue weighted by atomic mass is 35.5. The second-order valence-corrected chi connectivity index (χ2v) is 7.79. The van der Waals surface area contributed by atoms with Gasteiger partial charge in [0.15, 0.2) is 0 Å². The Morgan fingerprint density at radius 1 is 0.969 bits per heavy atom. The first-order valence-corrected chi connectivity index (χ1v) is 10.8. The molecule has 9 heteroatoms. The van der Waals surface area contributed by atoms with Crippen LogP contribution in [0.1, 0.15) is 49.0 Å².